The molecular weight excluding hydrogens is 394 g/mol. The Bertz CT molecular complexity index is 1300. The molecule has 4 nitrogen and oxygen atoms in total. The molecule has 0 saturated heterocycles. The minimum atomic E-state index is -3.67. The molecule has 0 aliphatic heterocycles. The minimum Gasteiger partial charge on any atom is -0.292 e. The fourth-order valence-electron chi connectivity index (χ4n) is 3.45. The van der Waals surface area contributed by atoms with Gasteiger partial charge in [-0.3, -0.25) is 4.79 Å². The third kappa shape index (κ3) is 4.16. The smallest absolute Gasteiger partial charge is 0.189 e. The van der Waals surface area contributed by atoms with Gasteiger partial charge in [0, 0.05) is 5.39 Å². The number of sulfone groups is 1. The summed E-state index contributed by atoms with van der Waals surface area (Å²) in [7, 11) is -3.67. The highest BCUT2D eigenvalue weighted by Gasteiger charge is 2.30. The van der Waals surface area contributed by atoms with Crippen LogP contribution in [0.4, 0.5) is 0 Å². The number of aryl methyl sites for hydroxylation is 1. The molecule has 3 aromatic carbocycles. The van der Waals surface area contributed by atoms with Crippen molar-refractivity contribution in [1.82, 2.24) is 4.98 Å². The van der Waals surface area contributed by atoms with Crippen LogP contribution in [0.15, 0.2) is 95.9 Å². The SMILES string of the molecule is Cc1ccc(S(=O)(=O)CC(C(=O)c2ccc3ccccc3n2)c2ccccc2)cc1. The van der Waals surface area contributed by atoms with E-state index in [0.29, 0.717) is 11.1 Å². The van der Waals surface area contributed by atoms with Crippen molar-refractivity contribution in [3.8, 4) is 0 Å². The summed E-state index contributed by atoms with van der Waals surface area (Å²) in [5.41, 5.74) is 2.61. The number of carbonyl (C=O) groups excluding carboxylic acids is 1. The standard InChI is InChI=1S/C25H21NO3S/c1-18-11-14-21(15-12-18)30(28,29)17-22(19-7-3-2-4-8-19)25(27)24-16-13-20-9-5-6-10-23(20)26-24/h2-16,22H,17H2,1H3. The van der Waals surface area contributed by atoms with E-state index >= 15 is 0 Å². The Balaban J connectivity index is 1.74. The molecule has 0 saturated carbocycles. The van der Waals surface area contributed by atoms with Crippen LogP contribution in [-0.4, -0.2) is 24.9 Å². The molecule has 0 radical (unpaired) electrons. The van der Waals surface area contributed by atoms with Gasteiger partial charge >= 0.3 is 0 Å². The molecule has 4 aromatic rings. The first-order chi connectivity index (χ1) is 14.4. The van der Waals surface area contributed by atoms with Crippen LogP contribution in [0.3, 0.4) is 0 Å². The van der Waals surface area contributed by atoms with Gasteiger partial charge in [0.2, 0.25) is 0 Å². The highest BCUT2D eigenvalue weighted by molar-refractivity contribution is 7.91. The van der Waals surface area contributed by atoms with E-state index < -0.39 is 15.8 Å². The lowest BCUT2D eigenvalue weighted by atomic mass is 9.94. The Hall–Kier alpha value is -3.31. The molecule has 0 amide bonds. The van der Waals surface area contributed by atoms with E-state index in [-0.39, 0.29) is 22.1 Å². The topological polar surface area (TPSA) is 64.1 Å². The van der Waals surface area contributed by atoms with E-state index in [0.717, 1.165) is 10.9 Å². The molecule has 150 valence electrons. The number of benzene rings is 3. The number of para-hydroxylation sites is 1. The number of aromatic nitrogens is 1. The van der Waals surface area contributed by atoms with E-state index in [1.165, 1.54) is 0 Å². The Kier molecular flexibility index (Phi) is 5.46. The second kappa shape index (κ2) is 8.20. The van der Waals surface area contributed by atoms with Gasteiger partial charge < -0.3 is 0 Å². The number of Topliss-reactive ketones (excluding diaryl/α,β-unsaturated/α-hetero) is 1. The van der Waals surface area contributed by atoms with Crippen molar-refractivity contribution in [3.63, 3.8) is 0 Å². The lowest BCUT2D eigenvalue weighted by Crippen LogP contribution is -2.23. The molecule has 1 aromatic heterocycles. The van der Waals surface area contributed by atoms with Crippen molar-refractivity contribution in [2.45, 2.75) is 17.7 Å². The highest BCUT2D eigenvalue weighted by Crippen LogP contribution is 2.26. The molecule has 0 fully saturated rings. The third-order valence-electron chi connectivity index (χ3n) is 5.14. The first-order valence-electron chi connectivity index (χ1n) is 9.68. The van der Waals surface area contributed by atoms with E-state index in [1.54, 1.807) is 42.5 Å². The van der Waals surface area contributed by atoms with Crippen LogP contribution < -0.4 is 0 Å². The van der Waals surface area contributed by atoms with Gasteiger partial charge in [-0.05, 0) is 36.8 Å². The third-order valence-corrected chi connectivity index (χ3v) is 6.90. The van der Waals surface area contributed by atoms with Crippen molar-refractivity contribution >= 4 is 26.5 Å². The molecule has 4 rings (SSSR count). The maximum atomic E-state index is 13.4. The van der Waals surface area contributed by atoms with Gasteiger partial charge in [0.15, 0.2) is 15.6 Å². The number of nitrogens with zero attached hydrogens (tertiary/aromatic N) is 1. The van der Waals surface area contributed by atoms with E-state index in [4.69, 9.17) is 0 Å². The number of hydrogen-bond donors (Lipinski definition) is 0. The lowest BCUT2D eigenvalue weighted by molar-refractivity contribution is 0.0962. The van der Waals surface area contributed by atoms with Crippen LogP contribution in [0.5, 0.6) is 0 Å². The van der Waals surface area contributed by atoms with Crippen LogP contribution in [-0.2, 0) is 9.84 Å². The highest BCUT2D eigenvalue weighted by atomic mass is 32.2. The minimum absolute atomic E-state index is 0.216. The second-order valence-electron chi connectivity index (χ2n) is 7.31. The largest absolute Gasteiger partial charge is 0.292 e. The number of fused-ring (bicyclic) bond motifs is 1. The number of rotatable bonds is 6. The zero-order valence-corrected chi connectivity index (χ0v) is 17.3. The molecule has 0 N–H and O–H groups in total. The Labute approximate surface area is 176 Å². The normalized spacial score (nSPS) is 12.6. The molecule has 5 heteroatoms. The monoisotopic (exact) mass is 415 g/mol. The molecule has 30 heavy (non-hydrogen) atoms. The maximum absolute atomic E-state index is 13.4. The average molecular weight is 416 g/mol. The number of carbonyl (C=O) groups is 1. The number of pyridine rings is 1. The first kappa shape index (κ1) is 20.0. The summed E-state index contributed by atoms with van der Waals surface area (Å²) in [5.74, 6) is -1.46. The van der Waals surface area contributed by atoms with Crippen molar-refractivity contribution in [3.05, 3.63) is 108 Å². The van der Waals surface area contributed by atoms with E-state index in [2.05, 4.69) is 4.98 Å². The van der Waals surface area contributed by atoms with Gasteiger partial charge in [-0.25, -0.2) is 13.4 Å². The second-order valence-corrected chi connectivity index (χ2v) is 9.35. The summed E-state index contributed by atoms with van der Waals surface area (Å²) in [4.78, 5) is 18.1. The number of hydrogen-bond acceptors (Lipinski definition) is 4. The van der Waals surface area contributed by atoms with Crippen molar-refractivity contribution in [2.75, 3.05) is 5.75 Å². The molecular formula is C25H21NO3S. The maximum Gasteiger partial charge on any atom is 0.189 e. The summed E-state index contributed by atoms with van der Waals surface area (Å²) < 4.78 is 26.2. The quantitative estimate of drug-likeness (QED) is 0.417. The van der Waals surface area contributed by atoms with Crippen LogP contribution in [0.2, 0.25) is 0 Å². The zero-order chi connectivity index (χ0) is 21.1. The molecule has 0 aliphatic carbocycles. The van der Waals surface area contributed by atoms with Crippen molar-refractivity contribution in [1.29, 1.82) is 0 Å². The Morgan fingerprint density at radius 1 is 0.833 bits per heavy atom. The Morgan fingerprint density at radius 3 is 2.23 bits per heavy atom. The molecule has 1 atom stereocenters. The fourth-order valence-corrected chi connectivity index (χ4v) is 4.98. The molecule has 0 spiro atoms. The average Bonchev–Trinajstić information content (AvgIpc) is 2.77. The summed E-state index contributed by atoms with van der Waals surface area (Å²) in [6.07, 6.45) is 0. The van der Waals surface area contributed by atoms with Crippen molar-refractivity contribution < 1.29 is 13.2 Å². The van der Waals surface area contributed by atoms with E-state index in [1.807, 2.05) is 55.5 Å². The van der Waals surface area contributed by atoms with Crippen LogP contribution in [0.1, 0.15) is 27.5 Å². The van der Waals surface area contributed by atoms with Gasteiger partial charge in [-0.2, -0.15) is 0 Å². The van der Waals surface area contributed by atoms with Crippen molar-refractivity contribution in [2.24, 2.45) is 0 Å². The van der Waals surface area contributed by atoms with Gasteiger partial charge in [0.1, 0.15) is 5.69 Å². The van der Waals surface area contributed by atoms with Gasteiger partial charge in [-0.1, -0.05) is 72.3 Å². The predicted octanol–water partition coefficient (Wildman–Crippen LogP) is 4.98. The molecule has 0 bridgehead atoms. The summed E-state index contributed by atoms with van der Waals surface area (Å²) in [5, 5.41) is 0.928. The van der Waals surface area contributed by atoms with E-state index in [9.17, 15) is 13.2 Å². The first-order valence-corrected chi connectivity index (χ1v) is 11.3. The summed E-state index contributed by atoms with van der Waals surface area (Å²) in [6, 6.07) is 26.8. The fraction of sp³-hybridized carbons (Fsp3) is 0.120. The van der Waals surface area contributed by atoms with Gasteiger partial charge in [0.25, 0.3) is 0 Å². The van der Waals surface area contributed by atoms with Gasteiger partial charge in [0.05, 0.1) is 22.1 Å². The molecule has 1 heterocycles. The van der Waals surface area contributed by atoms with Crippen LogP contribution in [0.25, 0.3) is 10.9 Å². The zero-order valence-electron chi connectivity index (χ0n) is 16.5. The number of ketones is 1. The van der Waals surface area contributed by atoms with Gasteiger partial charge in [-0.15, -0.1) is 0 Å². The Morgan fingerprint density at radius 2 is 1.50 bits per heavy atom. The lowest BCUT2D eigenvalue weighted by Gasteiger charge is -2.17. The molecule has 1 unspecified atom stereocenters. The van der Waals surface area contributed by atoms with Crippen LogP contribution >= 0.6 is 0 Å². The molecule has 0 aliphatic rings. The van der Waals surface area contributed by atoms with Crippen LogP contribution in [0, 0.1) is 6.92 Å². The predicted molar refractivity (Wildman–Crippen MR) is 118 cm³/mol. The summed E-state index contributed by atoms with van der Waals surface area (Å²) in [6.45, 7) is 1.90. The summed E-state index contributed by atoms with van der Waals surface area (Å²) >= 11 is 0.